The monoisotopic (exact) mass is 1500 g/mol. The topological polar surface area (TPSA) is 27.3 Å². The number of aryl methyl sites for hydroxylation is 1. The molecule has 0 fully saturated rings. The van der Waals surface area contributed by atoms with Gasteiger partial charge in [-0.1, -0.05) is 403 Å². The summed E-state index contributed by atoms with van der Waals surface area (Å²) in [5.74, 6) is 7.73. The van der Waals surface area contributed by atoms with Gasteiger partial charge in [0.1, 0.15) is 0 Å². The van der Waals surface area contributed by atoms with Crippen LogP contribution in [-0.2, 0) is 0 Å². The van der Waals surface area contributed by atoms with Crippen molar-refractivity contribution < 1.29 is 0 Å². The molecule has 107 heavy (non-hydrogen) atoms. The van der Waals surface area contributed by atoms with Gasteiger partial charge in [0.15, 0.2) is 0 Å². The van der Waals surface area contributed by atoms with E-state index in [0.717, 1.165) is 79.1 Å². The number of unbranched alkanes of at least 4 members (excludes halogenated alkanes) is 19. The van der Waals surface area contributed by atoms with Gasteiger partial charge in [0, 0.05) is 12.2 Å². The van der Waals surface area contributed by atoms with Gasteiger partial charge in [-0.15, -0.1) is 0 Å². The summed E-state index contributed by atoms with van der Waals surface area (Å²) in [6.07, 6.45) is 70.4. The lowest BCUT2D eigenvalue weighted by molar-refractivity contribution is 0.246. The third kappa shape index (κ3) is 92.7. The first-order valence-corrected chi connectivity index (χ1v) is 47.5. The fourth-order valence-electron chi connectivity index (χ4n) is 13.7. The third-order valence-electron chi connectivity index (χ3n) is 22.5. The number of benzene rings is 1. The van der Waals surface area contributed by atoms with E-state index in [1.807, 2.05) is 0 Å². The summed E-state index contributed by atoms with van der Waals surface area (Å²) in [6, 6.07) is 8.54. The number of hydrogen-bond donors (Lipinski definition) is 2. The second kappa shape index (κ2) is 77.8. The number of rotatable bonds is 66. The Hall–Kier alpha value is -2.10. The van der Waals surface area contributed by atoms with Crippen LogP contribution in [0.25, 0.3) is 0 Å². The van der Waals surface area contributed by atoms with Crippen molar-refractivity contribution in [2.24, 2.45) is 64.1 Å². The molecule has 0 amide bonds. The maximum atomic E-state index is 4.33. The molecule has 3 heteroatoms. The zero-order chi connectivity index (χ0) is 81.4. The number of anilines is 1. The average Bonchev–Trinajstić information content (AvgIpc) is 0.939. The van der Waals surface area contributed by atoms with Gasteiger partial charge in [-0.2, -0.15) is 0 Å². The van der Waals surface area contributed by atoms with Crippen molar-refractivity contribution in [3.05, 3.63) is 76.9 Å². The summed E-state index contributed by atoms with van der Waals surface area (Å²) in [4.78, 5) is 2.71. The van der Waals surface area contributed by atoms with E-state index in [4.69, 9.17) is 0 Å². The van der Waals surface area contributed by atoms with Crippen molar-refractivity contribution in [1.29, 1.82) is 0 Å². The Morgan fingerprint density at radius 1 is 0.374 bits per heavy atom. The fraction of sp³-hybridized carbons (Fsp3) is 0.865. The molecule has 3 atom stereocenters. The highest BCUT2D eigenvalue weighted by atomic mass is 15.1. The quantitative estimate of drug-likeness (QED) is 0.0503. The molecule has 636 valence electrons. The van der Waals surface area contributed by atoms with Crippen LogP contribution in [0.1, 0.15) is 481 Å². The van der Waals surface area contributed by atoms with E-state index in [1.165, 1.54) is 337 Å². The molecule has 0 aliphatic heterocycles. The van der Waals surface area contributed by atoms with Gasteiger partial charge in [0.05, 0.1) is 0 Å². The van der Waals surface area contributed by atoms with Crippen molar-refractivity contribution in [3.8, 4) is 0 Å². The Morgan fingerprint density at radius 2 is 0.813 bits per heavy atom. The molecule has 0 saturated carbocycles. The highest BCUT2D eigenvalue weighted by Crippen LogP contribution is 2.34. The highest BCUT2D eigenvalue weighted by Gasteiger charge is 2.20. The van der Waals surface area contributed by atoms with Crippen LogP contribution >= 0.6 is 0 Å². The Morgan fingerprint density at radius 3 is 1.31 bits per heavy atom. The second-order valence-electron chi connectivity index (χ2n) is 39.5. The summed E-state index contributed by atoms with van der Waals surface area (Å²) < 4.78 is 0. The smallest absolute Gasteiger partial charge is 0.0340 e. The van der Waals surface area contributed by atoms with E-state index in [2.05, 4.69) is 252 Å². The van der Waals surface area contributed by atoms with Gasteiger partial charge in [0.25, 0.3) is 0 Å². The zero-order valence-electron chi connectivity index (χ0n) is 79.2. The molecule has 0 saturated heterocycles. The lowest BCUT2D eigenvalue weighted by atomic mass is 9.79. The minimum Gasteiger partial charge on any atom is -0.385 e. The fourth-order valence-corrected chi connectivity index (χ4v) is 13.7. The summed E-state index contributed by atoms with van der Waals surface area (Å²) in [7, 11) is 0. The Balaban J connectivity index is -0.000000634. The van der Waals surface area contributed by atoms with Crippen LogP contribution in [0.3, 0.4) is 0 Å². The summed E-state index contributed by atoms with van der Waals surface area (Å²) >= 11 is 0. The van der Waals surface area contributed by atoms with E-state index in [-0.39, 0.29) is 0 Å². The normalized spacial score (nSPS) is 13.0. The molecule has 0 aliphatic carbocycles. The molecule has 0 bridgehead atoms. The van der Waals surface area contributed by atoms with Gasteiger partial charge in [-0.3, -0.25) is 0 Å². The van der Waals surface area contributed by atoms with E-state index in [1.54, 1.807) is 5.57 Å². The van der Waals surface area contributed by atoms with Crippen LogP contribution in [-0.4, -0.2) is 44.2 Å². The standard InChI is InChI=1S/C28H58.C28H50.C19H41N.C17H37N.C12H19N/c2*1-23(2)13-12-15-26(6)18-19-27(7)20-22-28(8,9)21-11-10-14-25(5)17-16-24(3)4;1-4-5-6-7-8-9-10-11-12-13-14-15-17-20-18-16-19(2)3;1-5-7-9-11-14-18(16-13-17(3)4)15-12-10-8-6-2;1-10(2)8-9-13-12-6-4-11(3)5-7-12/h23-27H,10-22H2,1-9H3;13,17-18,24H,7,10-12,14-16,19-22H2,1-6,8-9H3;19-20H,4-18H2,1-3H3;17H,5-16H2,1-4H3;4-7,10,13H,8-9H2,1-3H3/b;25-17-,26-18+;;;. The first kappa shape index (κ1) is 111. The van der Waals surface area contributed by atoms with Gasteiger partial charge < -0.3 is 15.5 Å². The van der Waals surface area contributed by atoms with Crippen molar-refractivity contribution in [2.45, 2.75) is 482 Å². The molecule has 2 N–H and O–H groups in total. The lowest BCUT2D eigenvalue weighted by Gasteiger charge is -2.27. The van der Waals surface area contributed by atoms with Crippen LogP contribution in [0.4, 0.5) is 5.69 Å². The SMILES string of the molecule is C=C(C/C=C(\C)CCC=C(C)C)CCC(C)(C)CCCC/C(C)=C\CC(C)C.CC(C)CCCC(C)CCC(C)CCC(C)(C)CCCCC(C)CCC(C)C.CCCCCCCCCCCCCCNCCC(C)C.CCCCCCN(CCCCCC)CCC(C)C.Cc1ccc(NCCC(C)C)cc1. The van der Waals surface area contributed by atoms with Crippen LogP contribution < -0.4 is 10.6 Å². The summed E-state index contributed by atoms with van der Waals surface area (Å²) in [6.45, 7) is 74.8. The number of nitrogens with one attached hydrogen (secondary N) is 2. The molecule has 1 aromatic rings. The second-order valence-corrected chi connectivity index (χ2v) is 39.5. The molecule has 3 unspecified atom stereocenters. The molecule has 0 heterocycles. The average molecular weight is 1500 g/mol. The van der Waals surface area contributed by atoms with Crippen molar-refractivity contribution in [2.75, 3.05) is 44.6 Å². The zero-order valence-corrected chi connectivity index (χ0v) is 79.2. The van der Waals surface area contributed by atoms with Gasteiger partial charge in [-0.25, -0.2) is 0 Å². The van der Waals surface area contributed by atoms with Crippen molar-refractivity contribution >= 4 is 5.69 Å². The Kier molecular flexibility index (Phi) is 80.9. The first-order chi connectivity index (χ1) is 50.7. The minimum atomic E-state index is 0.431. The van der Waals surface area contributed by atoms with Crippen LogP contribution in [0.15, 0.2) is 71.4 Å². The first-order valence-electron chi connectivity index (χ1n) is 47.5. The van der Waals surface area contributed by atoms with E-state index in [0.29, 0.717) is 10.8 Å². The van der Waals surface area contributed by atoms with Gasteiger partial charge >= 0.3 is 0 Å². The van der Waals surface area contributed by atoms with Crippen molar-refractivity contribution in [3.63, 3.8) is 0 Å². The maximum absolute atomic E-state index is 4.33. The maximum Gasteiger partial charge on any atom is 0.0340 e. The minimum absolute atomic E-state index is 0.431. The molecular weight excluding hydrogens is 1290 g/mol. The predicted octanol–water partition coefficient (Wildman–Crippen LogP) is 35.6. The van der Waals surface area contributed by atoms with E-state index < -0.39 is 0 Å². The van der Waals surface area contributed by atoms with Crippen molar-refractivity contribution in [1.82, 2.24) is 10.2 Å². The molecule has 0 radical (unpaired) electrons. The lowest BCUT2D eigenvalue weighted by Crippen LogP contribution is -2.28. The third-order valence-corrected chi connectivity index (χ3v) is 22.5. The molecular formula is C104H205N3. The van der Waals surface area contributed by atoms with Gasteiger partial charge in [-0.05, 0) is 253 Å². The summed E-state index contributed by atoms with van der Waals surface area (Å²) in [5, 5.41) is 6.96. The van der Waals surface area contributed by atoms with Gasteiger partial charge in [0.2, 0.25) is 0 Å². The largest absolute Gasteiger partial charge is 0.385 e. The van der Waals surface area contributed by atoms with Crippen LogP contribution in [0.2, 0.25) is 0 Å². The molecule has 1 aromatic carbocycles. The van der Waals surface area contributed by atoms with Crippen LogP contribution in [0, 0.1) is 71.0 Å². The molecule has 0 aromatic heterocycles. The molecule has 3 nitrogen and oxygen atoms in total. The number of allylic oxidation sites excluding steroid dienone is 7. The van der Waals surface area contributed by atoms with E-state index in [9.17, 15) is 0 Å². The molecule has 0 aliphatic rings. The molecule has 0 spiro atoms. The predicted molar refractivity (Wildman–Crippen MR) is 499 cm³/mol. The Labute approximate surface area is 679 Å². The van der Waals surface area contributed by atoms with E-state index >= 15 is 0 Å². The summed E-state index contributed by atoms with van der Waals surface area (Å²) in [5.41, 5.74) is 9.40. The Bertz CT molecular complexity index is 2060. The molecule has 1 rings (SSSR count). The van der Waals surface area contributed by atoms with Crippen LogP contribution in [0.5, 0.6) is 0 Å². The number of nitrogens with zero attached hydrogens (tertiary/aromatic N) is 1. The number of hydrogen-bond acceptors (Lipinski definition) is 3. The highest BCUT2D eigenvalue weighted by molar-refractivity contribution is 5.44.